The van der Waals surface area contributed by atoms with Crippen LogP contribution in [-0.4, -0.2) is 24.8 Å². The van der Waals surface area contributed by atoms with Crippen molar-refractivity contribution in [2.75, 3.05) is 12.4 Å². The molecule has 1 aromatic carbocycles. The highest BCUT2D eigenvalue weighted by Crippen LogP contribution is 2.50. The highest BCUT2D eigenvalue weighted by molar-refractivity contribution is 6.38. The van der Waals surface area contributed by atoms with Gasteiger partial charge in [0.25, 0.3) is 0 Å². The fourth-order valence-corrected chi connectivity index (χ4v) is 2.93. The fraction of sp³-hybridized carbons (Fsp3) is 0.438. The molecule has 1 fully saturated rings. The number of carbonyl (C=O) groups is 3. The van der Waals surface area contributed by atoms with Crippen molar-refractivity contribution in [2.24, 2.45) is 5.41 Å². The Bertz CT molecular complexity index is 668. The standard InChI is InChI=1S/C16H17Cl2NO4/c1-3-16(4-5-16)13(20)8-14(21)19-12-6-9(15(22)23-2)10(17)7-11(12)18/h6-7H,3-5,8H2,1-2H3,(H,19,21). The maximum atomic E-state index is 12.1. The van der Waals surface area contributed by atoms with Gasteiger partial charge in [0.15, 0.2) is 0 Å². The molecule has 0 spiro atoms. The lowest BCUT2D eigenvalue weighted by atomic mass is 9.95. The van der Waals surface area contributed by atoms with Crippen LogP contribution in [0.1, 0.15) is 43.0 Å². The van der Waals surface area contributed by atoms with E-state index in [1.54, 1.807) is 0 Å². The molecule has 1 saturated carbocycles. The van der Waals surface area contributed by atoms with E-state index >= 15 is 0 Å². The monoisotopic (exact) mass is 357 g/mol. The minimum absolute atomic E-state index is 0.0595. The number of hydrogen-bond donors (Lipinski definition) is 1. The summed E-state index contributed by atoms with van der Waals surface area (Å²) in [5.41, 5.74) is -0.0128. The van der Waals surface area contributed by atoms with Crippen molar-refractivity contribution in [3.63, 3.8) is 0 Å². The molecule has 23 heavy (non-hydrogen) atoms. The molecule has 7 heteroatoms. The van der Waals surface area contributed by atoms with Crippen molar-refractivity contribution >= 4 is 46.5 Å². The zero-order valence-electron chi connectivity index (χ0n) is 12.9. The smallest absolute Gasteiger partial charge is 0.339 e. The molecule has 5 nitrogen and oxygen atoms in total. The van der Waals surface area contributed by atoms with Gasteiger partial charge in [0.2, 0.25) is 5.91 Å². The van der Waals surface area contributed by atoms with E-state index < -0.39 is 11.9 Å². The van der Waals surface area contributed by atoms with E-state index in [-0.39, 0.29) is 38.9 Å². The van der Waals surface area contributed by atoms with Crippen LogP contribution in [0.5, 0.6) is 0 Å². The maximum absolute atomic E-state index is 12.1. The van der Waals surface area contributed by atoms with Crippen LogP contribution in [0.4, 0.5) is 5.69 Å². The highest BCUT2D eigenvalue weighted by atomic mass is 35.5. The van der Waals surface area contributed by atoms with E-state index in [4.69, 9.17) is 23.2 Å². The maximum Gasteiger partial charge on any atom is 0.339 e. The van der Waals surface area contributed by atoms with Crippen LogP contribution in [0, 0.1) is 5.41 Å². The van der Waals surface area contributed by atoms with E-state index in [0.29, 0.717) is 0 Å². The van der Waals surface area contributed by atoms with Gasteiger partial charge in [-0.1, -0.05) is 30.1 Å². The average Bonchev–Trinajstić information content (AvgIpc) is 3.30. The van der Waals surface area contributed by atoms with Gasteiger partial charge < -0.3 is 10.1 Å². The minimum atomic E-state index is -0.638. The number of rotatable bonds is 6. The lowest BCUT2D eigenvalue weighted by Crippen LogP contribution is -2.23. The molecule has 0 heterocycles. The summed E-state index contributed by atoms with van der Waals surface area (Å²) in [5.74, 6) is -1.16. The lowest BCUT2D eigenvalue weighted by molar-refractivity contribution is -0.129. The number of anilines is 1. The van der Waals surface area contributed by atoms with Crippen molar-refractivity contribution in [1.29, 1.82) is 0 Å². The van der Waals surface area contributed by atoms with Crippen LogP contribution in [0.2, 0.25) is 10.0 Å². The van der Waals surface area contributed by atoms with Gasteiger partial charge in [-0.3, -0.25) is 9.59 Å². The topological polar surface area (TPSA) is 72.5 Å². The van der Waals surface area contributed by atoms with Gasteiger partial charge >= 0.3 is 5.97 Å². The van der Waals surface area contributed by atoms with Crippen molar-refractivity contribution in [3.8, 4) is 0 Å². The Morgan fingerprint density at radius 1 is 1.22 bits per heavy atom. The molecule has 0 radical (unpaired) electrons. The highest BCUT2D eigenvalue weighted by Gasteiger charge is 2.47. The molecule has 0 unspecified atom stereocenters. The number of Topliss-reactive ketones (excluding diaryl/α,β-unsaturated/α-hetero) is 1. The number of methoxy groups -OCH3 is 1. The Hall–Kier alpha value is -1.59. The van der Waals surface area contributed by atoms with Crippen LogP contribution in [-0.2, 0) is 14.3 Å². The number of carbonyl (C=O) groups excluding carboxylic acids is 3. The zero-order valence-corrected chi connectivity index (χ0v) is 14.4. The van der Waals surface area contributed by atoms with Crippen LogP contribution in [0.25, 0.3) is 0 Å². The van der Waals surface area contributed by atoms with Gasteiger partial charge in [-0.15, -0.1) is 0 Å². The van der Waals surface area contributed by atoms with Gasteiger partial charge in [-0.2, -0.15) is 0 Å². The van der Waals surface area contributed by atoms with Crippen molar-refractivity contribution < 1.29 is 19.1 Å². The van der Waals surface area contributed by atoms with E-state index in [0.717, 1.165) is 19.3 Å². The van der Waals surface area contributed by atoms with E-state index in [1.807, 2.05) is 6.92 Å². The molecule has 1 aliphatic carbocycles. The second-order valence-electron chi connectivity index (χ2n) is 5.59. The summed E-state index contributed by atoms with van der Waals surface area (Å²) in [6.07, 6.45) is 2.21. The minimum Gasteiger partial charge on any atom is -0.465 e. The molecule has 1 N–H and O–H groups in total. The van der Waals surface area contributed by atoms with Crippen LogP contribution in [0.3, 0.4) is 0 Å². The first-order valence-corrected chi connectivity index (χ1v) is 7.99. The summed E-state index contributed by atoms with van der Waals surface area (Å²) in [7, 11) is 1.23. The molecule has 0 atom stereocenters. The number of halogens is 2. The summed E-state index contributed by atoms with van der Waals surface area (Å²) < 4.78 is 4.62. The summed E-state index contributed by atoms with van der Waals surface area (Å²) in [5, 5.41) is 2.86. The third-order valence-corrected chi connectivity index (χ3v) is 4.80. The molecule has 2 rings (SSSR count). The second-order valence-corrected chi connectivity index (χ2v) is 6.40. The van der Waals surface area contributed by atoms with Crippen molar-refractivity contribution in [1.82, 2.24) is 0 Å². The van der Waals surface area contributed by atoms with Gasteiger partial charge in [0.1, 0.15) is 5.78 Å². The molecule has 0 bridgehead atoms. The first-order valence-electron chi connectivity index (χ1n) is 7.23. The third kappa shape index (κ3) is 3.85. The quantitative estimate of drug-likeness (QED) is 0.619. The van der Waals surface area contributed by atoms with Gasteiger partial charge in [0.05, 0.1) is 34.8 Å². The number of amides is 1. The van der Waals surface area contributed by atoms with E-state index in [1.165, 1.54) is 19.2 Å². The van der Waals surface area contributed by atoms with Crippen molar-refractivity contribution in [3.05, 3.63) is 27.7 Å². The third-order valence-electron chi connectivity index (χ3n) is 4.18. The first kappa shape index (κ1) is 17.8. The molecular formula is C16H17Cl2NO4. The SMILES string of the molecule is CCC1(C(=O)CC(=O)Nc2cc(C(=O)OC)c(Cl)cc2Cl)CC1. The predicted molar refractivity (Wildman–Crippen MR) is 88.0 cm³/mol. The molecule has 1 aliphatic rings. The fourth-order valence-electron chi connectivity index (χ4n) is 2.42. The van der Waals surface area contributed by atoms with Crippen molar-refractivity contribution in [2.45, 2.75) is 32.6 Å². The first-order chi connectivity index (χ1) is 10.8. The zero-order chi connectivity index (χ0) is 17.2. The summed E-state index contributed by atoms with van der Waals surface area (Å²) in [6, 6.07) is 2.69. The van der Waals surface area contributed by atoms with Gasteiger partial charge in [-0.05, 0) is 31.4 Å². The van der Waals surface area contributed by atoms with Crippen LogP contribution in [0.15, 0.2) is 12.1 Å². The predicted octanol–water partition coefficient (Wildman–Crippen LogP) is 3.87. The Morgan fingerprint density at radius 3 is 2.39 bits per heavy atom. The number of esters is 1. The number of ketones is 1. The number of hydrogen-bond acceptors (Lipinski definition) is 4. The molecule has 1 amide bonds. The van der Waals surface area contributed by atoms with Gasteiger partial charge in [-0.25, -0.2) is 4.79 Å². The Kier molecular flexibility index (Phi) is 5.32. The molecule has 0 aromatic heterocycles. The van der Waals surface area contributed by atoms with Gasteiger partial charge in [0, 0.05) is 5.41 Å². The summed E-state index contributed by atoms with van der Waals surface area (Å²) in [4.78, 5) is 35.8. The largest absolute Gasteiger partial charge is 0.465 e. The average molecular weight is 358 g/mol. The molecule has 0 aliphatic heterocycles. The van der Waals surface area contributed by atoms with E-state index in [9.17, 15) is 14.4 Å². The normalized spacial score (nSPS) is 15.0. The van der Waals surface area contributed by atoms with E-state index in [2.05, 4.69) is 10.1 Å². The van der Waals surface area contributed by atoms with Crippen LogP contribution < -0.4 is 5.32 Å². The molecule has 1 aromatic rings. The Morgan fingerprint density at radius 2 is 1.87 bits per heavy atom. The summed E-state index contributed by atoms with van der Waals surface area (Å²) in [6.45, 7) is 1.95. The lowest BCUT2D eigenvalue weighted by Gasteiger charge is -2.13. The number of ether oxygens (including phenoxy) is 1. The van der Waals surface area contributed by atoms with Crippen LogP contribution >= 0.6 is 23.2 Å². The Labute approximate surface area is 144 Å². The summed E-state index contributed by atoms with van der Waals surface area (Å²) >= 11 is 12.0. The molecule has 124 valence electrons. The second kappa shape index (κ2) is 6.89. The Balaban J connectivity index is 2.11. The molecule has 0 saturated heterocycles. The number of benzene rings is 1. The number of nitrogens with one attached hydrogen (secondary N) is 1. The molecular weight excluding hydrogens is 341 g/mol.